The van der Waals surface area contributed by atoms with Crippen molar-refractivity contribution in [3.8, 4) is 0 Å². The van der Waals surface area contributed by atoms with E-state index in [0.717, 1.165) is 4.47 Å². The molecule has 5 heteroatoms. The van der Waals surface area contributed by atoms with Crippen molar-refractivity contribution in [3.63, 3.8) is 0 Å². The fourth-order valence-electron chi connectivity index (χ4n) is 1.31. The number of hydrogen-bond acceptors (Lipinski definition) is 3. The van der Waals surface area contributed by atoms with Gasteiger partial charge in [-0.15, -0.1) is 0 Å². The monoisotopic (exact) mass is 277 g/mol. The van der Waals surface area contributed by atoms with Gasteiger partial charge in [-0.25, -0.2) is 4.39 Å². The summed E-state index contributed by atoms with van der Waals surface area (Å²) >= 11 is 3.25. The standard InChI is InChI=1S/C10H13BrFNO2/c1-14-10(15-2)9(13)7-5-6(11)3-4-8(7)12/h3-5,9-10H,13H2,1-2H3. The summed E-state index contributed by atoms with van der Waals surface area (Å²) in [6.45, 7) is 0. The van der Waals surface area contributed by atoms with Crippen molar-refractivity contribution in [1.82, 2.24) is 0 Å². The Morgan fingerprint density at radius 2 is 1.93 bits per heavy atom. The molecule has 0 aliphatic heterocycles. The number of ether oxygens (including phenoxy) is 2. The molecule has 1 aromatic carbocycles. The molecule has 0 aliphatic carbocycles. The molecule has 0 aliphatic rings. The molecule has 0 amide bonds. The number of hydrogen-bond donors (Lipinski definition) is 1. The van der Waals surface area contributed by atoms with Gasteiger partial charge in [0.1, 0.15) is 5.82 Å². The Kier molecular flexibility index (Phi) is 4.66. The molecular weight excluding hydrogens is 265 g/mol. The molecular formula is C10H13BrFNO2. The van der Waals surface area contributed by atoms with Gasteiger partial charge in [0.05, 0.1) is 6.04 Å². The number of nitrogens with two attached hydrogens (primary N) is 1. The third kappa shape index (κ3) is 2.98. The fourth-order valence-corrected chi connectivity index (χ4v) is 1.68. The topological polar surface area (TPSA) is 44.5 Å². The highest BCUT2D eigenvalue weighted by atomic mass is 79.9. The lowest BCUT2D eigenvalue weighted by Crippen LogP contribution is -2.30. The second-order valence-corrected chi connectivity index (χ2v) is 3.95. The van der Waals surface area contributed by atoms with Crippen LogP contribution >= 0.6 is 15.9 Å². The highest BCUT2D eigenvalue weighted by molar-refractivity contribution is 9.10. The first kappa shape index (κ1) is 12.6. The third-order valence-electron chi connectivity index (χ3n) is 2.07. The first-order valence-corrected chi connectivity index (χ1v) is 5.15. The van der Waals surface area contributed by atoms with Gasteiger partial charge in [-0.05, 0) is 18.2 Å². The van der Waals surface area contributed by atoms with E-state index in [9.17, 15) is 4.39 Å². The Balaban J connectivity index is 2.98. The lowest BCUT2D eigenvalue weighted by Gasteiger charge is -2.21. The minimum absolute atomic E-state index is 0.359. The van der Waals surface area contributed by atoms with E-state index in [-0.39, 0.29) is 5.82 Å². The normalized spacial score (nSPS) is 13.2. The van der Waals surface area contributed by atoms with E-state index in [2.05, 4.69) is 15.9 Å². The maximum absolute atomic E-state index is 13.4. The van der Waals surface area contributed by atoms with E-state index in [0.29, 0.717) is 5.56 Å². The van der Waals surface area contributed by atoms with Crippen LogP contribution in [0.25, 0.3) is 0 Å². The van der Waals surface area contributed by atoms with E-state index >= 15 is 0 Å². The molecule has 0 fully saturated rings. The van der Waals surface area contributed by atoms with Crippen molar-refractivity contribution in [1.29, 1.82) is 0 Å². The van der Waals surface area contributed by atoms with E-state index in [1.54, 1.807) is 12.1 Å². The Labute approximate surface area is 96.5 Å². The van der Waals surface area contributed by atoms with Crippen molar-refractivity contribution in [2.45, 2.75) is 12.3 Å². The predicted octanol–water partition coefficient (Wildman–Crippen LogP) is 2.21. The van der Waals surface area contributed by atoms with Gasteiger partial charge in [-0.2, -0.15) is 0 Å². The minimum atomic E-state index is -0.659. The number of benzene rings is 1. The molecule has 0 heterocycles. The van der Waals surface area contributed by atoms with Gasteiger partial charge in [0.2, 0.25) is 0 Å². The average Bonchev–Trinajstić information content (AvgIpc) is 2.23. The van der Waals surface area contributed by atoms with Crippen molar-refractivity contribution in [2.75, 3.05) is 14.2 Å². The largest absolute Gasteiger partial charge is 0.354 e. The van der Waals surface area contributed by atoms with Gasteiger partial charge in [0.15, 0.2) is 6.29 Å². The van der Waals surface area contributed by atoms with Crippen LogP contribution in [-0.4, -0.2) is 20.5 Å². The van der Waals surface area contributed by atoms with Gasteiger partial charge >= 0.3 is 0 Å². The van der Waals surface area contributed by atoms with Crippen LogP contribution in [0, 0.1) is 5.82 Å². The zero-order valence-electron chi connectivity index (χ0n) is 8.54. The van der Waals surface area contributed by atoms with Gasteiger partial charge in [0, 0.05) is 24.3 Å². The van der Waals surface area contributed by atoms with Gasteiger partial charge in [0.25, 0.3) is 0 Å². The lowest BCUT2D eigenvalue weighted by atomic mass is 10.1. The molecule has 84 valence electrons. The molecule has 0 aromatic heterocycles. The minimum Gasteiger partial charge on any atom is -0.354 e. The second-order valence-electron chi connectivity index (χ2n) is 3.03. The van der Waals surface area contributed by atoms with Crippen LogP contribution in [0.15, 0.2) is 22.7 Å². The molecule has 2 N–H and O–H groups in total. The molecule has 15 heavy (non-hydrogen) atoms. The molecule has 3 nitrogen and oxygen atoms in total. The fraction of sp³-hybridized carbons (Fsp3) is 0.400. The smallest absolute Gasteiger partial charge is 0.176 e. The first-order chi connectivity index (χ1) is 7.10. The zero-order valence-corrected chi connectivity index (χ0v) is 10.1. The molecule has 0 radical (unpaired) electrons. The maximum Gasteiger partial charge on any atom is 0.176 e. The van der Waals surface area contributed by atoms with Crippen molar-refractivity contribution < 1.29 is 13.9 Å². The molecule has 1 aromatic rings. The van der Waals surface area contributed by atoms with Gasteiger partial charge in [-0.1, -0.05) is 15.9 Å². The highest BCUT2D eigenvalue weighted by Gasteiger charge is 2.21. The highest BCUT2D eigenvalue weighted by Crippen LogP contribution is 2.23. The Bertz CT molecular complexity index is 331. The Hall–Kier alpha value is -0.490. The Morgan fingerprint density at radius 1 is 1.33 bits per heavy atom. The quantitative estimate of drug-likeness (QED) is 0.859. The summed E-state index contributed by atoms with van der Waals surface area (Å²) < 4.78 is 24.2. The summed E-state index contributed by atoms with van der Waals surface area (Å²) in [5.74, 6) is -0.371. The Morgan fingerprint density at radius 3 is 2.47 bits per heavy atom. The van der Waals surface area contributed by atoms with Crippen LogP contribution in [0.5, 0.6) is 0 Å². The average molecular weight is 278 g/mol. The summed E-state index contributed by atoms with van der Waals surface area (Å²) in [6.07, 6.45) is -0.659. The lowest BCUT2D eigenvalue weighted by molar-refractivity contribution is -0.117. The van der Waals surface area contributed by atoms with E-state index in [4.69, 9.17) is 15.2 Å². The van der Waals surface area contributed by atoms with Crippen LogP contribution in [-0.2, 0) is 9.47 Å². The number of methoxy groups -OCH3 is 2. The van der Waals surface area contributed by atoms with Crippen LogP contribution in [0.2, 0.25) is 0 Å². The van der Waals surface area contributed by atoms with Gasteiger partial charge in [-0.3, -0.25) is 0 Å². The molecule has 1 atom stereocenters. The zero-order chi connectivity index (χ0) is 11.4. The van der Waals surface area contributed by atoms with Crippen LogP contribution < -0.4 is 5.73 Å². The van der Waals surface area contributed by atoms with Crippen molar-refractivity contribution in [3.05, 3.63) is 34.1 Å². The van der Waals surface area contributed by atoms with Crippen molar-refractivity contribution in [2.24, 2.45) is 5.73 Å². The molecule has 1 rings (SSSR count). The van der Waals surface area contributed by atoms with Gasteiger partial charge < -0.3 is 15.2 Å². The third-order valence-corrected chi connectivity index (χ3v) is 2.57. The molecule has 1 unspecified atom stereocenters. The maximum atomic E-state index is 13.4. The predicted molar refractivity (Wildman–Crippen MR) is 58.8 cm³/mol. The summed E-state index contributed by atoms with van der Waals surface area (Å²) in [5, 5.41) is 0. The van der Waals surface area contributed by atoms with Crippen LogP contribution in [0.4, 0.5) is 4.39 Å². The number of halogens is 2. The molecule has 0 saturated carbocycles. The van der Waals surface area contributed by atoms with Crippen molar-refractivity contribution >= 4 is 15.9 Å². The first-order valence-electron chi connectivity index (χ1n) is 4.36. The molecule has 0 spiro atoms. The summed E-state index contributed by atoms with van der Waals surface area (Å²) in [5.41, 5.74) is 6.18. The molecule has 0 saturated heterocycles. The summed E-state index contributed by atoms with van der Waals surface area (Å²) in [4.78, 5) is 0. The van der Waals surface area contributed by atoms with Crippen LogP contribution in [0.3, 0.4) is 0 Å². The van der Waals surface area contributed by atoms with E-state index in [1.807, 2.05) is 0 Å². The number of rotatable bonds is 4. The SMILES string of the molecule is COC(OC)C(N)c1cc(Br)ccc1F. The molecule has 0 bridgehead atoms. The van der Waals surface area contributed by atoms with E-state index in [1.165, 1.54) is 20.3 Å². The summed E-state index contributed by atoms with van der Waals surface area (Å²) in [7, 11) is 2.92. The second kappa shape index (κ2) is 5.55. The van der Waals surface area contributed by atoms with E-state index < -0.39 is 12.3 Å². The van der Waals surface area contributed by atoms with Crippen LogP contribution in [0.1, 0.15) is 11.6 Å². The summed E-state index contributed by atoms with van der Waals surface area (Å²) in [6, 6.07) is 3.92.